The molecule has 3 aromatic heterocycles. The van der Waals surface area contributed by atoms with E-state index in [4.69, 9.17) is 0 Å². The normalized spacial score (nSPS) is 16.3. The highest BCUT2D eigenvalue weighted by atomic mass is 16.2. The third kappa shape index (κ3) is 3.78. The number of hydrogen-bond acceptors (Lipinski definition) is 6. The summed E-state index contributed by atoms with van der Waals surface area (Å²) in [5, 5.41) is 14.0. The monoisotopic (exact) mass is 379 g/mol. The molecule has 1 aliphatic rings. The number of aryl methyl sites for hydroxylation is 1. The standard InChI is InChI=1S/C19H21N7O2/c1-25-18(27)8-15(11-22-25)26-7-4-13(12-26)10-21-19(28)17-9-16(23-24-17)14-2-5-20-6-3-14/h2-3,5-6,8-9,11,13H,4,7,10,12H2,1H3,(H,21,28)(H,23,24)/t13-/m1/s1. The van der Waals surface area contributed by atoms with Crippen molar-refractivity contribution in [3.63, 3.8) is 0 Å². The minimum absolute atomic E-state index is 0.126. The van der Waals surface area contributed by atoms with Crippen molar-refractivity contribution in [1.82, 2.24) is 30.3 Å². The highest BCUT2D eigenvalue weighted by Crippen LogP contribution is 2.22. The fourth-order valence-electron chi connectivity index (χ4n) is 3.31. The molecule has 1 saturated heterocycles. The Morgan fingerprint density at radius 3 is 2.93 bits per heavy atom. The number of nitrogens with one attached hydrogen (secondary N) is 2. The van der Waals surface area contributed by atoms with Crippen molar-refractivity contribution in [3.05, 3.63) is 58.9 Å². The molecule has 1 atom stereocenters. The molecule has 9 nitrogen and oxygen atoms in total. The number of H-pyrrole nitrogens is 1. The van der Waals surface area contributed by atoms with Crippen LogP contribution < -0.4 is 15.8 Å². The Hall–Kier alpha value is -3.49. The van der Waals surface area contributed by atoms with E-state index in [1.165, 1.54) is 4.68 Å². The summed E-state index contributed by atoms with van der Waals surface area (Å²) in [6, 6.07) is 7.02. The molecule has 28 heavy (non-hydrogen) atoms. The van der Waals surface area contributed by atoms with Gasteiger partial charge in [0.15, 0.2) is 0 Å². The number of pyridine rings is 1. The molecule has 9 heteroatoms. The Labute approximate surface area is 161 Å². The summed E-state index contributed by atoms with van der Waals surface area (Å²) in [5.74, 6) is 0.136. The van der Waals surface area contributed by atoms with E-state index in [1.54, 1.807) is 37.8 Å². The van der Waals surface area contributed by atoms with Crippen LogP contribution in [0.2, 0.25) is 0 Å². The molecule has 0 aliphatic carbocycles. The average Bonchev–Trinajstić information content (AvgIpc) is 3.39. The molecule has 4 heterocycles. The smallest absolute Gasteiger partial charge is 0.269 e. The van der Waals surface area contributed by atoms with Gasteiger partial charge < -0.3 is 10.2 Å². The van der Waals surface area contributed by atoms with Gasteiger partial charge >= 0.3 is 0 Å². The predicted octanol–water partition coefficient (Wildman–Crippen LogP) is 0.822. The summed E-state index contributed by atoms with van der Waals surface area (Å²) in [6.45, 7) is 2.18. The van der Waals surface area contributed by atoms with Crippen LogP contribution in [-0.2, 0) is 7.05 Å². The molecule has 2 N–H and O–H groups in total. The van der Waals surface area contributed by atoms with Crippen LogP contribution in [0, 0.1) is 5.92 Å². The fraction of sp³-hybridized carbons (Fsp3) is 0.316. The van der Waals surface area contributed by atoms with E-state index in [0.717, 1.165) is 30.8 Å². The van der Waals surface area contributed by atoms with Crippen LogP contribution in [0.25, 0.3) is 11.3 Å². The first-order valence-corrected chi connectivity index (χ1v) is 9.12. The molecule has 4 rings (SSSR count). The second-order valence-electron chi connectivity index (χ2n) is 6.89. The number of nitrogens with zero attached hydrogens (tertiary/aromatic N) is 5. The summed E-state index contributed by atoms with van der Waals surface area (Å²) in [5.41, 5.74) is 2.74. The van der Waals surface area contributed by atoms with Crippen molar-refractivity contribution in [2.45, 2.75) is 6.42 Å². The Morgan fingerprint density at radius 1 is 1.32 bits per heavy atom. The van der Waals surface area contributed by atoms with Crippen LogP contribution in [0.4, 0.5) is 5.69 Å². The Kier molecular flexibility index (Phi) is 4.88. The van der Waals surface area contributed by atoms with Gasteiger partial charge in [-0.3, -0.25) is 19.7 Å². The fourth-order valence-corrected chi connectivity index (χ4v) is 3.31. The Morgan fingerprint density at radius 2 is 2.14 bits per heavy atom. The van der Waals surface area contributed by atoms with E-state index < -0.39 is 0 Å². The number of aromatic nitrogens is 5. The predicted molar refractivity (Wildman–Crippen MR) is 104 cm³/mol. The molecular weight excluding hydrogens is 358 g/mol. The maximum Gasteiger partial charge on any atom is 0.269 e. The minimum atomic E-state index is -0.179. The third-order valence-corrected chi connectivity index (χ3v) is 4.95. The van der Waals surface area contributed by atoms with Crippen LogP contribution in [0.1, 0.15) is 16.9 Å². The van der Waals surface area contributed by atoms with Crippen LogP contribution in [0.5, 0.6) is 0 Å². The molecule has 0 spiro atoms. The van der Waals surface area contributed by atoms with Crippen molar-refractivity contribution < 1.29 is 4.79 Å². The second kappa shape index (κ2) is 7.63. The van der Waals surface area contributed by atoms with Gasteiger partial charge in [0.1, 0.15) is 5.69 Å². The Bertz CT molecular complexity index is 1030. The van der Waals surface area contributed by atoms with Gasteiger partial charge in [0, 0.05) is 50.7 Å². The van der Waals surface area contributed by atoms with E-state index in [9.17, 15) is 9.59 Å². The molecule has 1 aliphatic heterocycles. The van der Waals surface area contributed by atoms with Crippen molar-refractivity contribution in [1.29, 1.82) is 0 Å². The van der Waals surface area contributed by atoms with Crippen LogP contribution in [0.15, 0.2) is 47.7 Å². The first kappa shape index (κ1) is 17.9. The van der Waals surface area contributed by atoms with Crippen LogP contribution >= 0.6 is 0 Å². The van der Waals surface area contributed by atoms with Gasteiger partial charge in [-0.2, -0.15) is 10.2 Å². The number of anilines is 1. The molecule has 3 aromatic rings. The molecule has 1 fully saturated rings. The number of hydrogen-bond donors (Lipinski definition) is 2. The number of rotatable bonds is 5. The highest BCUT2D eigenvalue weighted by molar-refractivity contribution is 5.93. The van der Waals surface area contributed by atoms with Crippen molar-refractivity contribution in [2.24, 2.45) is 13.0 Å². The second-order valence-corrected chi connectivity index (χ2v) is 6.89. The number of carbonyl (C=O) groups is 1. The highest BCUT2D eigenvalue weighted by Gasteiger charge is 2.24. The number of carbonyl (C=O) groups excluding carboxylic acids is 1. The summed E-state index contributed by atoms with van der Waals surface area (Å²) in [6.07, 6.45) is 6.02. The minimum Gasteiger partial charge on any atom is -0.370 e. The first-order chi connectivity index (χ1) is 13.6. The lowest BCUT2D eigenvalue weighted by Crippen LogP contribution is -2.31. The molecule has 0 aromatic carbocycles. The number of aromatic amines is 1. The van der Waals surface area contributed by atoms with Crippen LogP contribution in [-0.4, -0.2) is 50.5 Å². The average molecular weight is 379 g/mol. The zero-order valence-corrected chi connectivity index (χ0v) is 15.5. The lowest BCUT2D eigenvalue weighted by atomic mass is 10.1. The zero-order chi connectivity index (χ0) is 19.5. The van der Waals surface area contributed by atoms with Crippen LogP contribution in [0.3, 0.4) is 0 Å². The molecule has 1 amide bonds. The number of amides is 1. The van der Waals surface area contributed by atoms with Gasteiger partial charge in [-0.25, -0.2) is 4.68 Å². The summed E-state index contributed by atoms with van der Waals surface area (Å²) in [4.78, 5) is 30.3. The van der Waals surface area contributed by atoms with E-state index >= 15 is 0 Å². The molecule has 0 unspecified atom stereocenters. The summed E-state index contributed by atoms with van der Waals surface area (Å²) < 4.78 is 1.31. The molecule has 0 radical (unpaired) electrons. The lowest BCUT2D eigenvalue weighted by molar-refractivity contribution is 0.0943. The van der Waals surface area contributed by atoms with Gasteiger partial charge in [0.2, 0.25) is 0 Å². The maximum atomic E-state index is 12.4. The van der Waals surface area contributed by atoms with E-state index in [1.807, 2.05) is 12.1 Å². The van der Waals surface area contributed by atoms with Crippen molar-refractivity contribution >= 4 is 11.6 Å². The lowest BCUT2D eigenvalue weighted by Gasteiger charge is -2.18. The third-order valence-electron chi connectivity index (χ3n) is 4.95. The van der Waals surface area contributed by atoms with Gasteiger partial charge in [-0.1, -0.05) is 0 Å². The van der Waals surface area contributed by atoms with Gasteiger partial charge in [0.05, 0.1) is 17.6 Å². The van der Waals surface area contributed by atoms with Crippen molar-refractivity contribution in [3.8, 4) is 11.3 Å². The molecule has 0 bridgehead atoms. The van der Waals surface area contributed by atoms with E-state index in [0.29, 0.717) is 23.9 Å². The summed E-state index contributed by atoms with van der Waals surface area (Å²) in [7, 11) is 1.63. The van der Waals surface area contributed by atoms with E-state index in [-0.39, 0.29) is 11.5 Å². The SMILES string of the molecule is Cn1ncc(N2CC[C@H](CNC(=O)c3cc(-c4ccncc4)n[nH]3)C2)cc1=O. The van der Waals surface area contributed by atoms with E-state index in [2.05, 4.69) is 30.5 Å². The first-order valence-electron chi connectivity index (χ1n) is 9.12. The zero-order valence-electron chi connectivity index (χ0n) is 15.5. The molecular formula is C19H21N7O2. The quantitative estimate of drug-likeness (QED) is 0.679. The molecule has 144 valence electrons. The van der Waals surface area contributed by atoms with Crippen molar-refractivity contribution in [2.75, 3.05) is 24.5 Å². The van der Waals surface area contributed by atoms with Gasteiger partial charge in [-0.05, 0) is 30.5 Å². The van der Waals surface area contributed by atoms with Gasteiger partial charge in [-0.15, -0.1) is 0 Å². The largest absolute Gasteiger partial charge is 0.370 e. The summed E-state index contributed by atoms with van der Waals surface area (Å²) >= 11 is 0. The Balaban J connectivity index is 1.32. The molecule has 0 saturated carbocycles. The van der Waals surface area contributed by atoms with Gasteiger partial charge in [0.25, 0.3) is 11.5 Å². The topological polar surface area (TPSA) is 109 Å². The maximum absolute atomic E-state index is 12.4.